The summed E-state index contributed by atoms with van der Waals surface area (Å²) in [5.74, 6) is 0.887. The molecular formula is C15H21N5O. The largest absolute Gasteiger partial charge is 0.364 e. The van der Waals surface area contributed by atoms with Crippen molar-refractivity contribution >= 4 is 5.82 Å². The summed E-state index contributed by atoms with van der Waals surface area (Å²) in [4.78, 5) is 4.39. The van der Waals surface area contributed by atoms with Crippen molar-refractivity contribution < 1.29 is 4.52 Å². The maximum atomic E-state index is 5.03. The van der Waals surface area contributed by atoms with Crippen LogP contribution in [0.5, 0.6) is 0 Å². The van der Waals surface area contributed by atoms with Gasteiger partial charge >= 0.3 is 0 Å². The Morgan fingerprint density at radius 2 is 2.19 bits per heavy atom. The Balaban J connectivity index is 1.76. The van der Waals surface area contributed by atoms with Gasteiger partial charge < -0.3 is 9.42 Å². The second-order valence-electron chi connectivity index (χ2n) is 5.76. The molecular weight excluding hydrogens is 266 g/mol. The highest BCUT2D eigenvalue weighted by atomic mass is 16.5. The zero-order valence-corrected chi connectivity index (χ0v) is 12.8. The van der Waals surface area contributed by atoms with E-state index in [1.807, 2.05) is 32.0 Å². The summed E-state index contributed by atoms with van der Waals surface area (Å²) in [5, 5.41) is 12.7. The van der Waals surface area contributed by atoms with Crippen LogP contribution >= 0.6 is 0 Å². The number of anilines is 1. The van der Waals surface area contributed by atoms with Crippen molar-refractivity contribution in [3.8, 4) is 0 Å². The lowest BCUT2D eigenvalue weighted by Gasteiger charge is -2.23. The van der Waals surface area contributed by atoms with E-state index in [1.54, 1.807) is 6.26 Å². The number of aromatic nitrogens is 3. The van der Waals surface area contributed by atoms with Crippen molar-refractivity contribution in [1.29, 1.82) is 0 Å². The number of nitrogens with zero attached hydrogens (tertiary/aromatic N) is 5. The smallest absolute Gasteiger partial charge is 0.150 e. The summed E-state index contributed by atoms with van der Waals surface area (Å²) >= 11 is 0. The Kier molecular flexibility index (Phi) is 3.88. The molecule has 21 heavy (non-hydrogen) atoms. The molecule has 1 saturated heterocycles. The molecule has 0 bridgehead atoms. The zero-order chi connectivity index (χ0) is 14.8. The molecule has 0 spiro atoms. The minimum absolute atomic E-state index is 0.336. The van der Waals surface area contributed by atoms with Crippen molar-refractivity contribution in [2.75, 3.05) is 25.5 Å². The Morgan fingerprint density at radius 1 is 1.33 bits per heavy atom. The lowest BCUT2D eigenvalue weighted by Crippen LogP contribution is -2.24. The average Bonchev–Trinajstić information content (AvgIpc) is 3.09. The van der Waals surface area contributed by atoms with E-state index < -0.39 is 0 Å². The van der Waals surface area contributed by atoms with E-state index in [0.29, 0.717) is 6.04 Å². The molecule has 3 rings (SSSR count). The first-order chi connectivity index (χ1) is 10.1. The summed E-state index contributed by atoms with van der Waals surface area (Å²) in [6.45, 7) is 3.92. The first-order valence-electron chi connectivity index (χ1n) is 7.30. The van der Waals surface area contributed by atoms with Gasteiger partial charge in [0.25, 0.3) is 0 Å². The number of hydrogen-bond donors (Lipinski definition) is 0. The minimum atomic E-state index is 0.336. The number of likely N-dealkylation sites (tertiary alicyclic amines) is 1. The highest BCUT2D eigenvalue weighted by Gasteiger charge is 2.28. The Morgan fingerprint density at radius 3 is 2.81 bits per heavy atom. The van der Waals surface area contributed by atoms with Gasteiger partial charge in [-0.3, -0.25) is 4.90 Å². The third-order valence-electron chi connectivity index (χ3n) is 4.06. The van der Waals surface area contributed by atoms with Crippen molar-refractivity contribution in [2.45, 2.75) is 32.4 Å². The quantitative estimate of drug-likeness (QED) is 0.859. The monoisotopic (exact) mass is 287 g/mol. The lowest BCUT2D eigenvalue weighted by molar-refractivity contribution is 0.242. The van der Waals surface area contributed by atoms with Crippen LogP contribution in [0.1, 0.15) is 35.8 Å². The fourth-order valence-corrected chi connectivity index (χ4v) is 2.79. The molecule has 2 aromatic rings. The highest BCUT2D eigenvalue weighted by molar-refractivity contribution is 5.35. The summed E-state index contributed by atoms with van der Waals surface area (Å²) < 4.78 is 5.03. The molecule has 1 aliphatic heterocycles. The van der Waals surface area contributed by atoms with E-state index in [-0.39, 0.29) is 0 Å². The van der Waals surface area contributed by atoms with Gasteiger partial charge in [-0.2, -0.15) is 5.10 Å². The fraction of sp³-hybridized carbons (Fsp3) is 0.533. The van der Waals surface area contributed by atoms with Gasteiger partial charge in [-0.05, 0) is 38.4 Å². The van der Waals surface area contributed by atoms with Crippen LogP contribution in [0.4, 0.5) is 5.82 Å². The van der Waals surface area contributed by atoms with E-state index >= 15 is 0 Å². The first-order valence-corrected chi connectivity index (χ1v) is 7.30. The first kappa shape index (κ1) is 14.0. The van der Waals surface area contributed by atoms with Crippen molar-refractivity contribution in [3.05, 3.63) is 35.3 Å². The summed E-state index contributed by atoms with van der Waals surface area (Å²) in [6.07, 6.45) is 4.05. The van der Waals surface area contributed by atoms with Crippen LogP contribution in [0, 0.1) is 6.92 Å². The maximum Gasteiger partial charge on any atom is 0.150 e. The maximum absolute atomic E-state index is 5.03. The van der Waals surface area contributed by atoms with Gasteiger partial charge in [0.05, 0.1) is 17.4 Å². The van der Waals surface area contributed by atoms with Crippen LogP contribution < -0.4 is 4.90 Å². The third kappa shape index (κ3) is 2.90. The van der Waals surface area contributed by atoms with Crippen LogP contribution in [0.3, 0.4) is 0 Å². The molecule has 112 valence electrons. The topological polar surface area (TPSA) is 58.3 Å². The molecule has 1 aliphatic rings. The molecule has 0 N–H and O–H groups in total. The number of hydrogen-bond acceptors (Lipinski definition) is 6. The summed E-state index contributed by atoms with van der Waals surface area (Å²) in [7, 11) is 3.94. The molecule has 1 unspecified atom stereocenters. The van der Waals surface area contributed by atoms with Gasteiger partial charge in [0.15, 0.2) is 5.82 Å². The standard InChI is InChI=1S/C15H21N5O/c1-11-12(10-21-18-11)9-20-8-4-5-14(20)13-6-7-15(17-16-13)19(2)3/h6-7,10,14H,4-5,8-9H2,1-3H3. The predicted octanol–water partition coefficient (Wildman–Crippen LogP) is 2.18. The van der Waals surface area contributed by atoms with Crippen LogP contribution in [-0.2, 0) is 6.54 Å². The van der Waals surface area contributed by atoms with E-state index in [2.05, 4.69) is 26.3 Å². The lowest BCUT2D eigenvalue weighted by atomic mass is 10.1. The second kappa shape index (κ2) is 5.81. The average molecular weight is 287 g/mol. The summed E-state index contributed by atoms with van der Waals surface area (Å²) in [5.41, 5.74) is 3.17. The third-order valence-corrected chi connectivity index (χ3v) is 4.06. The second-order valence-corrected chi connectivity index (χ2v) is 5.76. The van der Waals surface area contributed by atoms with Crippen LogP contribution in [0.25, 0.3) is 0 Å². The molecule has 6 heteroatoms. The molecule has 3 heterocycles. The van der Waals surface area contributed by atoms with Crippen LogP contribution in [-0.4, -0.2) is 40.9 Å². The molecule has 1 atom stereocenters. The molecule has 6 nitrogen and oxygen atoms in total. The summed E-state index contributed by atoms with van der Waals surface area (Å²) in [6, 6.07) is 4.46. The normalized spacial score (nSPS) is 19.1. The van der Waals surface area contributed by atoms with Gasteiger partial charge in [-0.1, -0.05) is 5.16 Å². The molecule has 0 amide bonds. The van der Waals surface area contributed by atoms with E-state index in [1.165, 1.54) is 6.42 Å². The zero-order valence-electron chi connectivity index (χ0n) is 12.8. The van der Waals surface area contributed by atoms with E-state index in [9.17, 15) is 0 Å². The Labute approximate surface area is 124 Å². The molecule has 0 aliphatic carbocycles. The highest BCUT2D eigenvalue weighted by Crippen LogP contribution is 2.32. The van der Waals surface area contributed by atoms with Gasteiger partial charge in [0.2, 0.25) is 0 Å². The van der Waals surface area contributed by atoms with Crippen molar-refractivity contribution in [3.63, 3.8) is 0 Å². The van der Waals surface area contributed by atoms with Crippen molar-refractivity contribution in [2.24, 2.45) is 0 Å². The molecule has 0 aromatic carbocycles. The van der Waals surface area contributed by atoms with Gasteiger partial charge in [0.1, 0.15) is 6.26 Å². The van der Waals surface area contributed by atoms with Crippen LogP contribution in [0.15, 0.2) is 22.9 Å². The van der Waals surface area contributed by atoms with E-state index in [4.69, 9.17) is 4.52 Å². The Hall–Kier alpha value is -1.95. The molecule has 1 fully saturated rings. The number of rotatable bonds is 4. The van der Waals surface area contributed by atoms with Gasteiger partial charge in [-0.25, -0.2) is 0 Å². The van der Waals surface area contributed by atoms with Crippen molar-refractivity contribution in [1.82, 2.24) is 20.3 Å². The van der Waals surface area contributed by atoms with Gasteiger partial charge in [-0.15, -0.1) is 5.10 Å². The van der Waals surface area contributed by atoms with Gasteiger partial charge in [0, 0.05) is 26.2 Å². The molecule has 0 saturated carbocycles. The Bertz CT molecular complexity index is 592. The number of aryl methyl sites for hydroxylation is 1. The minimum Gasteiger partial charge on any atom is -0.364 e. The predicted molar refractivity (Wildman–Crippen MR) is 80.0 cm³/mol. The SMILES string of the molecule is Cc1nocc1CN1CCCC1c1ccc(N(C)C)nn1. The molecule has 0 radical (unpaired) electrons. The molecule has 2 aromatic heterocycles. The fourth-order valence-electron chi connectivity index (χ4n) is 2.79. The van der Waals surface area contributed by atoms with Crippen LogP contribution in [0.2, 0.25) is 0 Å². The van der Waals surface area contributed by atoms with E-state index in [0.717, 1.165) is 42.3 Å².